The molecular formula is C26H22ClF2N3O3. The average Bonchev–Trinajstić information content (AvgIpc) is 3.11. The molecule has 0 bridgehead atoms. The first-order chi connectivity index (χ1) is 16.8. The van der Waals surface area contributed by atoms with Gasteiger partial charge < -0.3 is 14.0 Å². The fraction of sp³-hybridized carbons (Fsp3) is 0.192. The van der Waals surface area contributed by atoms with Gasteiger partial charge in [0, 0.05) is 23.5 Å². The van der Waals surface area contributed by atoms with Gasteiger partial charge in [-0.05, 0) is 42.8 Å². The van der Waals surface area contributed by atoms with E-state index in [-0.39, 0.29) is 24.7 Å². The first-order valence-corrected chi connectivity index (χ1v) is 11.3. The van der Waals surface area contributed by atoms with Crippen LogP contribution in [-0.2, 0) is 22.5 Å². The number of ether oxygens (including phenoxy) is 2. The molecule has 35 heavy (non-hydrogen) atoms. The van der Waals surface area contributed by atoms with Gasteiger partial charge in [0.2, 0.25) is 0 Å². The van der Waals surface area contributed by atoms with Crippen molar-refractivity contribution >= 4 is 39.8 Å². The van der Waals surface area contributed by atoms with Gasteiger partial charge in [-0.3, -0.25) is 4.79 Å². The summed E-state index contributed by atoms with van der Waals surface area (Å²) in [4.78, 5) is 12.5. The zero-order chi connectivity index (χ0) is 24.8. The van der Waals surface area contributed by atoms with E-state index in [1.54, 1.807) is 6.92 Å². The second kappa shape index (κ2) is 10.7. The number of carbonyl (C=O) groups is 1. The molecule has 1 heterocycles. The number of rotatable bonds is 9. The summed E-state index contributed by atoms with van der Waals surface area (Å²) in [5.74, 6) is -0.476. The van der Waals surface area contributed by atoms with Gasteiger partial charge in [-0.2, -0.15) is 5.11 Å². The molecule has 180 valence electrons. The van der Waals surface area contributed by atoms with Crippen molar-refractivity contribution in [1.29, 1.82) is 0 Å². The summed E-state index contributed by atoms with van der Waals surface area (Å²) < 4.78 is 37.3. The smallest absolute Gasteiger partial charge is 0.466 e. The molecular weight excluding hydrogens is 476 g/mol. The number of fused-ring (bicyclic) bond motifs is 1. The Balaban J connectivity index is 1.75. The van der Waals surface area contributed by atoms with Crippen molar-refractivity contribution in [2.45, 2.75) is 25.5 Å². The maximum absolute atomic E-state index is 12.8. The highest BCUT2D eigenvalue weighted by Gasteiger charge is 2.27. The van der Waals surface area contributed by atoms with Gasteiger partial charge in [-0.1, -0.05) is 48.5 Å². The van der Waals surface area contributed by atoms with Gasteiger partial charge in [0.15, 0.2) is 0 Å². The summed E-state index contributed by atoms with van der Waals surface area (Å²) in [5, 5.41) is 9.57. The number of nitrogens with zero attached hydrogens (tertiary/aromatic N) is 3. The van der Waals surface area contributed by atoms with Crippen molar-refractivity contribution in [2.75, 3.05) is 6.61 Å². The molecule has 0 N–H and O–H groups in total. The van der Waals surface area contributed by atoms with Crippen molar-refractivity contribution in [3.8, 4) is 5.75 Å². The number of halogens is 3. The van der Waals surface area contributed by atoms with E-state index in [4.69, 9.17) is 16.3 Å². The van der Waals surface area contributed by atoms with Crippen molar-refractivity contribution in [1.82, 2.24) is 4.57 Å². The molecule has 3 aromatic carbocycles. The molecule has 0 saturated carbocycles. The zero-order valence-electron chi connectivity index (χ0n) is 18.8. The van der Waals surface area contributed by atoms with E-state index in [0.717, 1.165) is 16.5 Å². The van der Waals surface area contributed by atoms with E-state index in [9.17, 15) is 13.6 Å². The minimum atomic E-state index is -3.80. The second-order valence-corrected chi connectivity index (χ2v) is 8.05. The summed E-state index contributed by atoms with van der Waals surface area (Å²) >= 11 is 4.81. The average molecular weight is 498 g/mol. The molecule has 0 radical (unpaired) electrons. The molecule has 4 aromatic rings. The topological polar surface area (TPSA) is 65.2 Å². The van der Waals surface area contributed by atoms with Gasteiger partial charge >= 0.3 is 11.5 Å². The predicted octanol–water partition coefficient (Wildman–Crippen LogP) is 7.38. The molecule has 0 aliphatic rings. The first-order valence-electron chi connectivity index (χ1n) is 10.9. The second-order valence-electron chi connectivity index (χ2n) is 7.61. The van der Waals surface area contributed by atoms with Crippen molar-refractivity contribution < 1.29 is 23.0 Å². The Morgan fingerprint density at radius 3 is 2.34 bits per heavy atom. The standard InChI is InChI=1S/C26H22ClF2N3O3/c1-2-34-24(33)16-23-25(31-30-19-12-14-20(15-13-19)35-26(27,28)29)21-10-6-7-11-22(21)32(23)17-18-8-4-3-5-9-18/h3-15H,2,16-17H2,1H3. The lowest BCUT2D eigenvalue weighted by Gasteiger charge is -2.11. The molecule has 0 atom stereocenters. The minimum Gasteiger partial charge on any atom is -0.466 e. The van der Waals surface area contributed by atoms with E-state index in [2.05, 4.69) is 15.0 Å². The molecule has 0 aliphatic heterocycles. The largest absolute Gasteiger partial charge is 0.487 e. The van der Waals surface area contributed by atoms with Crippen LogP contribution in [0.15, 0.2) is 89.1 Å². The number of esters is 1. The molecule has 6 nitrogen and oxygen atoms in total. The summed E-state index contributed by atoms with van der Waals surface area (Å²) in [6, 6.07) is 23.2. The summed E-state index contributed by atoms with van der Waals surface area (Å²) in [6.07, 6.45) is 0.0152. The third kappa shape index (κ3) is 6.22. The number of alkyl halides is 3. The van der Waals surface area contributed by atoms with Crippen LogP contribution in [0.25, 0.3) is 10.9 Å². The highest BCUT2D eigenvalue weighted by Crippen LogP contribution is 2.36. The van der Waals surface area contributed by atoms with Crippen molar-refractivity contribution in [2.24, 2.45) is 10.2 Å². The molecule has 0 unspecified atom stereocenters. The number of carbonyl (C=O) groups excluding carboxylic acids is 1. The third-order valence-electron chi connectivity index (χ3n) is 5.19. The van der Waals surface area contributed by atoms with Crippen LogP contribution in [0.4, 0.5) is 20.2 Å². The van der Waals surface area contributed by atoms with Gasteiger partial charge in [0.25, 0.3) is 0 Å². The Hall–Kier alpha value is -3.78. The molecule has 1 aromatic heterocycles. The number of benzene rings is 3. The molecule has 9 heteroatoms. The van der Waals surface area contributed by atoms with Crippen LogP contribution < -0.4 is 4.74 Å². The Bertz CT molecular complexity index is 1330. The summed E-state index contributed by atoms with van der Waals surface area (Å²) in [5.41, 5.74) is -0.217. The molecule has 0 saturated heterocycles. The molecule has 0 aliphatic carbocycles. The van der Waals surface area contributed by atoms with Gasteiger partial charge in [0.05, 0.1) is 29.9 Å². The Kier molecular flexibility index (Phi) is 7.41. The highest BCUT2D eigenvalue weighted by molar-refractivity contribution is 6.20. The van der Waals surface area contributed by atoms with Gasteiger partial charge in [-0.15, -0.1) is 13.9 Å². The summed E-state index contributed by atoms with van der Waals surface area (Å²) in [7, 11) is 0. The Morgan fingerprint density at radius 1 is 0.971 bits per heavy atom. The van der Waals surface area contributed by atoms with Crippen molar-refractivity contribution in [3.63, 3.8) is 0 Å². The van der Waals surface area contributed by atoms with Crippen LogP contribution in [0, 0.1) is 0 Å². The van der Waals surface area contributed by atoms with Gasteiger partial charge in [-0.25, -0.2) is 0 Å². The van der Waals surface area contributed by atoms with E-state index in [1.807, 2.05) is 59.2 Å². The minimum absolute atomic E-state index is 0.0152. The Morgan fingerprint density at radius 2 is 1.66 bits per heavy atom. The zero-order valence-corrected chi connectivity index (χ0v) is 19.6. The van der Waals surface area contributed by atoms with Crippen LogP contribution >= 0.6 is 11.6 Å². The van der Waals surface area contributed by atoms with Gasteiger partial charge in [0.1, 0.15) is 11.4 Å². The van der Waals surface area contributed by atoms with E-state index < -0.39 is 5.57 Å². The number of hydrogen-bond acceptors (Lipinski definition) is 5. The number of aromatic nitrogens is 1. The van der Waals surface area contributed by atoms with Crippen molar-refractivity contribution in [3.05, 3.63) is 90.1 Å². The fourth-order valence-electron chi connectivity index (χ4n) is 3.75. The van der Waals surface area contributed by atoms with Crippen LogP contribution in [0.1, 0.15) is 18.2 Å². The SMILES string of the molecule is CCOC(=O)Cc1c(N=Nc2ccc(OC(F)(F)Cl)cc2)c2ccccc2n1Cc1ccccc1. The monoisotopic (exact) mass is 497 g/mol. The number of para-hydroxylation sites is 1. The highest BCUT2D eigenvalue weighted by atomic mass is 35.5. The number of azo groups is 1. The third-order valence-corrected chi connectivity index (χ3v) is 5.26. The lowest BCUT2D eigenvalue weighted by Crippen LogP contribution is -2.15. The maximum Gasteiger partial charge on any atom is 0.487 e. The van der Waals surface area contributed by atoms with Crippen LogP contribution in [0.2, 0.25) is 0 Å². The lowest BCUT2D eigenvalue weighted by molar-refractivity contribution is -0.142. The van der Waals surface area contributed by atoms with Crippen LogP contribution in [0.5, 0.6) is 5.75 Å². The summed E-state index contributed by atoms with van der Waals surface area (Å²) in [6.45, 7) is 2.56. The molecule has 0 fully saturated rings. The predicted molar refractivity (Wildman–Crippen MR) is 130 cm³/mol. The first kappa shape index (κ1) is 24.3. The Labute approximate surface area is 205 Å². The van der Waals surface area contributed by atoms with E-state index in [0.29, 0.717) is 23.6 Å². The van der Waals surface area contributed by atoms with Crippen LogP contribution in [-0.4, -0.2) is 22.7 Å². The quantitative estimate of drug-likeness (QED) is 0.138. The molecule has 0 amide bonds. The van der Waals surface area contributed by atoms with E-state index >= 15 is 0 Å². The molecule has 4 rings (SSSR count). The number of hydrogen-bond donors (Lipinski definition) is 0. The normalized spacial score (nSPS) is 11.8. The molecule has 0 spiro atoms. The fourth-order valence-corrected chi connectivity index (χ4v) is 3.84. The maximum atomic E-state index is 12.8. The lowest BCUT2D eigenvalue weighted by atomic mass is 10.2. The van der Waals surface area contributed by atoms with Crippen LogP contribution in [0.3, 0.4) is 0 Å². The van der Waals surface area contributed by atoms with E-state index in [1.165, 1.54) is 24.3 Å².